The highest BCUT2D eigenvalue weighted by molar-refractivity contribution is 7.89. The van der Waals surface area contributed by atoms with Gasteiger partial charge in [-0.2, -0.15) is 13.5 Å². The summed E-state index contributed by atoms with van der Waals surface area (Å²) in [6, 6.07) is 11.3. The van der Waals surface area contributed by atoms with Crippen LogP contribution >= 0.6 is 0 Å². The van der Waals surface area contributed by atoms with E-state index in [0.29, 0.717) is 5.56 Å². The third-order valence-electron chi connectivity index (χ3n) is 3.85. The average Bonchev–Trinajstić information content (AvgIpc) is 2.54. The summed E-state index contributed by atoms with van der Waals surface area (Å²) in [5.74, 6) is 0. The fourth-order valence-electron chi connectivity index (χ4n) is 2.25. The number of hydrogen-bond acceptors (Lipinski definition) is 5. The molecule has 2 aromatic rings. The molecule has 138 valence electrons. The van der Waals surface area contributed by atoms with Gasteiger partial charge in [-0.25, -0.2) is 4.83 Å². The van der Waals surface area contributed by atoms with Gasteiger partial charge in [0.15, 0.2) is 0 Å². The van der Waals surface area contributed by atoms with Crippen molar-refractivity contribution in [3.8, 4) is 0 Å². The van der Waals surface area contributed by atoms with Gasteiger partial charge in [0.25, 0.3) is 15.7 Å². The number of aryl methyl sites for hydroxylation is 1. The molecule has 0 saturated heterocycles. The highest BCUT2D eigenvalue weighted by Gasteiger charge is 2.19. The third-order valence-corrected chi connectivity index (χ3v) is 5.07. The maximum atomic E-state index is 12.2. The number of benzene rings is 2. The Morgan fingerprint density at radius 3 is 2.27 bits per heavy atom. The second-order valence-corrected chi connectivity index (χ2v) is 8.59. The molecule has 0 aliphatic carbocycles. The SMILES string of the molecule is Cc1ccc(S(=O)(=O)N/N=C\c2ccc(C(C)(C)C)cc2)cc1[N+](=O)[O-]. The molecule has 0 bridgehead atoms. The smallest absolute Gasteiger partial charge is 0.258 e. The van der Waals surface area contributed by atoms with Crippen molar-refractivity contribution in [1.82, 2.24) is 4.83 Å². The topological polar surface area (TPSA) is 102 Å². The van der Waals surface area contributed by atoms with Gasteiger partial charge < -0.3 is 0 Å². The van der Waals surface area contributed by atoms with Crippen LogP contribution < -0.4 is 4.83 Å². The molecule has 0 aliphatic heterocycles. The fraction of sp³-hybridized carbons (Fsp3) is 0.278. The Labute approximate surface area is 153 Å². The maximum absolute atomic E-state index is 12.2. The van der Waals surface area contributed by atoms with Gasteiger partial charge >= 0.3 is 0 Å². The van der Waals surface area contributed by atoms with Crippen LogP contribution in [-0.2, 0) is 15.4 Å². The summed E-state index contributed by atoms with van der Waals surface area (Å²) < 4.78 is 24.5. The third kappa shape index (κ3) is 4.66. The molecule has 8 heteroatoms. The van der Waals surface area contributed by atoms with E-state index in [1.165, 1.54) is 18.3 Å². The molecular formula is C18H21N3O4S. The second-order valence-electron chi connectivity index (χ2n) is 6.93. The highest BCUT2D eigenvalue weighted by atomic mass is 32.2. The number of nitrogens with zero attached hydrogens (tertiary/aromatic N) is 2. The molecule has 0 heterocycles. The van der Waals surface area contributed by atoms with Crippen LogP contribution in [-0.4, -0.2) is 19.6 Å². The number of nitrogens with one attached hydrogen (secondary N) is 1. The average molecular weight is 375 g/mol. The lowest BCUT2D eigenvalue weighted by Gasteiger charge is -2.18. The predicted octanol–water partition coefficient (Wildman–Crippen LogP) is 3.51. The van der Waals surface area contributed by atoms with Crippen LogP contribution in [0, 0.1) is 17.0 Å². The van der Waals surface area contributed by atoms with Crippen molar-refractivity contribution in [3.05, 3.63) is 69.3 Å². The zero-order valence-electron chi connectivity index (χ0n) is 15.1. The number of hydrogen-bond donors (Lipinski definition) is 1. The highest BCUT2D eigenvalue weighted by Crippen LogP contribution is 2.23. The Balaban J connectivity index is 2.16. The van der Waals surface area contributed by atoms with Crippen LogP contribution in [0.2, 0.25) is 0 Å². The number of sulfonamides is 1. The first-order valence-electron chi connectivity index (χ1n) is 7.91. The van der Waals surface area contributed by atoms with E-state index in [1.54, 1.807) is 6.92 Å². The Morgan fingerprint density at radius 1 is 1.12 bits per heavy atom. The largest absolute Gasteiger partial charge is 0.276 e. The predicted molar refractivity (Wildman–Crippen MR) is 101 cm³/mol. The molecule has 0 saturated carbocycles. The molecule has 0 aliphatic rings. The normalized spacial score (nSPS) is 12.3. The summed E-state index contributed by atoms with van der Waals surface area (Å²) in [6.07, 6.45) is 1.38. The summed E-state index contributed by atoms with van der Waals surface area (Å²) in [6.45, 7) is 7.85. The molecule has 0 amide bonds. The van der Waals surface area contributed by atoms with E-state index in [1.807, 2.05) is 24.3 Å². The second kappa shape index (κ2) is 7.25. The number of nitro groups is 1. The van der Waals surface area contributed by atoms with Crippen molar-refractivity contribution in [2.45, 2.75) is 38.0 Å². The Bertz CT molecular complexity index is 943. The molecule has 0 spiro atoms. The molecule has 0 fully saturated rings. The van der Waals surface area contributed by atoms with Gasteiger partial charge in [-0.15, -0.1) is 0 Å². The monoisotopic (exact) mass is 375 g/mol. The lowest BCUT2D eigenvalue weighted by molar-refractivity contribution is -0.385. The molecule has 2 aromatic carbocycles. The number of hydrazone groups is 1. The van der Waals surface area contributed by atoms with Crippen LogP contribution in [0.1, 0.15) is 37.5 Å². The molecule has 0 unspecified atom stereocenters. The van der Waals surface area contributed by atoms with Crippen molar-refractivity contribution in [2.75, 3.05) is 0 Å². The van der Waals surface area contributed by atoms with Gasteiger partial charge in [-0.1, -0.05) is 51.1 Å². The van der Waals surface area contributed by atoms with Crippen molar-refractivity contribution in [1.29, 1.82) is 0 Å². The molecule has 2 rings (SSSR count). The van der Waals surface area contributed by atoms with E-state index >= 15 is 0 Å². The molecule has 0 radical (unpaired) electrons. The number of rotatable bonds is 5. The van der Waals surface area contributed by atoms with Crippen LogP contribution in [0.25, 0.3) is 0 Å². The summed E-state index contributed by atoms with van der Waals surface area (Å²) in [5.41, 5.74) is 2.04. The first-order valence-corrected chi connectivity index (χ1v) is 9.39. The maximum Gasteiger partial charge on any atom is 0.276 e. The van der Waals surface area contributed by atoms with E-state index in [-0.39, 0.29) is 16.0 Å². The van der Waals surface area contributed by atoms with Crippen LogP contribution in [0.5, 0.6) is 0 Å². The van der Waals surface area contributed by atoms with E-state index in [4.69, 9.17) is 0 Å². The van der Waals surface area contributed by atoms with Gasteiger partial charge in [0.1, 0.15) is 0 Å². The molecule has 0 aromatic heterocycles. The van der Waals surface area contributed by atoms with Gasteiger partial charge in [0.2, 0.25) is 0 Å². The summed E-state index contributed by atoms with van der Waals surface area (Å²) >= 11 is 0. The summed E-state index contributed by atoms with van der Waals surface area (Å²) in [5, 5.41) is 14.7. The van der Waals surface area contributed by atoms with Crippen LogP contribution in [0.15, 0.2) is 52.5 Å². The molecule has 1 N–H and O–H groups in total. The quantitative estimate of drug-likeness (QED) is 0.491. The summed E-state index contributed by atoms with van der Waals surface area (Å²) in [4.78, 5) is 12.2. The first-order chi connectivity index (χ1) is 12.0. The minimum Gasteiger partial charge on any atom is -0.258 e. The van der Waals surface area contributed by atoms with Crippen molar-refractivity contribution < 1.29 is 13.3 Å². The van der Waals surface area contributed by atoms with Gasteiger partial charge in [0.05, 0.1) is 16.0 Å². The zero-order chi connectivity index (χ0) is 19.5. The van der Waals surface area contributed by atoms with E-state index in [2.05, 4.69) is 30.7 Å². The first kappa shape index (κ1) is 19.6. The Morgan fingerprint density at radius 2 is 1.73 bits per heavy atom. The Hall–Kier alpha value is -2.74. The van der Waals surface area contributed by atoms with Crippen molar-refractivity contribution in [3.63, 3.8) is 0 Å². The van der Waals surface area contributed by atoms with E-state index in [0.717, 1.165) is 17.2 Å². The standard InChI is InChI=1S/C18H21N3O4S/c1-13-5-10-16(11-17(13)21(22)23)26(24,25)20-19-12-14-6-8-15(9-7-14)18(2,3)4/h5-12,20H,1-4H3/b19-12-. The lowest BCUT2D eigenvalue weighted by Crippen LogP contribution is -2.18. The van der Waals surface area contributed by atoms with Crippen molar-refractivity contribution >= 4 is 21.9 Å². The van der Waals surface area contributed by atoms with Crippen LogP contribution in [0.4, 0.5) is 5.69 Å². The van der Waals surface area contributed by atoms with E-state index < -0.39 is 14.9 Å². The van der Waals surface area contributed by atoms with Crippen LogP contribution in [0.3, 0.4) is 0 Å². The minimum absolute atomic E-state index is 0.0252. The molecule has 0 atom stereocenters. The fourth-order valence-corrected chi connectivity index (χ4v) is 3.06. The molecule has 26 heavy (non-hydrogen) atoms. The van der Waals surface area contributed by atoms with E-state index in [9.17, 15) is 18.5 Å². The van der Waals surface area contributed by atoms with Crippen molar-refractivity contribution in [2.24, 2.45) is 5.10 Å². The molecular weight excluding hydrogens is 354 g/mol. The lowest BCUT2D eigenvalue weighted by atomic mass is 9.87. The zero-order valence-corrected chi connectivity index (χ0v) is 15.9. The Kier molecular flexibility index (Phi) is 5.46. The molecule has 7 nitrogen and oxygen atoms in total. The van der Waals surface area contributed by atoms with Gasteiger partial charge in [-0.3, -0.25) is 10.1 Å². The number of nitro benzene ring substituents is 1. The van der Waals surface area contributed by atoms with Gasteiger partial charge in [0, 0.05) is 11.6 Å². The minimum atomic E-state index is -3.99. The summed E-state index contributed by atoms with van der Waals surface area (Å²) in [7, 11) is -3.99. The van der Waals surface area contributed by atoms with Gasteiger partial charge in [-0.05, 0) is 29.5 Å².